The Morgan fingerprint density at radius 3 is 2.56 bits per heavy atom. The van der Waals surface area contributed by atoms with Crippen molar-refractivity contribution in [2.45, 2.75) is 38.8 Å². The molecule has 1 aromatic carbocycles. The molecular weight excluding hydrogens is 362 g/mol. The van der Waals surface area contributed by atoms with Crippen molar-refractivity contribution in [3.8, 4) is 5.75 Å². The molecular formula is C20H23N3O3S. The molecule has 0 spiro atoms. The summed E-state index contributed by atoms with van der Waals surface area (Å²) in [6, 6.07) is 5.76. The normalized spacial score (nSPS) is 21.0. The van der Waals surface area contributed by atoms with Crippen molar-refractivity contribution in [1.82, 2.24) is 14.8 Å². The number of hydrogen-bond donors (Lipinski definition) is 0. The second-order valence-corrected chi connectivity index (χ2v) is 8.21. The second kappa shape index (κ2) is 6.96. The Kier molecular flexibility index (Phi) is 4.63. The number of carbonyl (C=O) groups excluding carboxylic acids is 2. The number of aromatic nitrogens is 1. The van der Waals surface area contributed by atoms with E-state index < -0.39 is 0 Å². The number of hydrogen-bond acceptors (Lipinski definition) is 5. The average molecular weight is 385 g/mol. The monoisotopic (exact) mass is 385 g/mol. The maximum atomic E-state index is 12.9. The molecule has 2 bridgehead atoms. The van der Waals surface area contributed by atoms with Crippen LogP contribution in [0.5, 0.6) is 5.75 Å². The number of likely N-dealkylation sites (tertiary alicyclic amines) is 2. The van der Waals surface area contributed by atoms with Gasteiger partial charge < -0.3 is 14.5 Å². The van der Waals surface area contributed by atoms with E-state index in [1.165, 1.54) is 11.3 Å². The van der Waals surface area contributed by atoms with Gasteiger partial charge in [0.1, 0.15) is 5.75 Å². The van der Waals surface area contributed by atoms with Gasteiger partial charge in [-0.25, -0.2) is 4.98 Å². The van der Waals surface area contributed by atoms with Crippen molar-refractivity contribution in [3.63, 3.8) is 0 Å². The van der Waals surface area contributed by atoms with Crippen LogP contribution in [0.4, 0.5) is 0 Å². The molecule has 4 rings (SSSR count). The van der Waals surface area contributed by atoms with Crippen LogP contribution in [-0.4, -0.2) is 58.9 Å². The summed E-state index contributed by atoms with van der Waals surface area (Å²) in [5.74, 6) is 0.963. The lowest BCUT2D eigenvalue weighted by atomic mass is 10.1. The summed E-state index contributed by atoms with van der Waals surface area (Å²) >= 11 is 1.53. The average Bonchev–Trinajstić information content (AvgIpc) is 3.37. The van der Waals surface area contributed by atoms with Crippen LogP contribution >= 0.6 is 11.3 Å². The van der Waals surface area contributed by atoms with Gasteiger partial charge in [0, 0.05) is 23.5 Å². The topological polar surface area (TPSA) is 62.7 Å². The summed E-state index contributed by atoms with van der Waals surface area (Å²) in [6.45, 7) is 5.12. The van der Waals surface area contributed by atoms with Crippen LogP contribution in [0.1, 0.15) is 32.9 Å². The van der Waals surface area contributed by atoms with Gasteiger partial charge in [0.15, 0.2) is 0 Å². The fourth-order valence-electron chi connectivity index (χ4n) is 4.13. The fraction of sp³-hybridized carbons (Fsp3) is 0.450. The molecule has 0 aliphatic carbocycles. The highest BCUT2D eigenvalue weighted by Crippen LogP contribution is 2.33. The zero-order valence-corrected chi connectivity index (χ0v) is 16.6. The molecule has 1 aromatic heterocycles. The van der Waals surface area contributed by atoms with E-state index in [0.29, 0.717) is 25.1 Å². The third kappa shape index (κ3) is 3.20. The number of fused-ring (bicyclic) bond motifs is 2. The van der Waals surface area contributed by atoms with Crippen molar-refractivity contribution in [2.75, 3.05) is 20.2 Å². The zero-order valence-electron chi connectivity index (χ0n) is 15.8. The summed E-state index contributed by atoms with van der Waals surface area (Å²) in [7, 11) is 1.63. The molecule has 3 heterocycles. The lowest BCUT2D eigenvalue weighted by Crippen LogP contribution is -2.51. The van der Waals surface area contributed by atoms with E-state index in [0.717, 1.165) is 28.3 Å². The number of amides is 2. The van der Waals surface area contributed by atoms with Crippen molar-refractivity contribution >= 4 is 23.2 Å². The minimum atomic E-state index is 0.0404. The van der Waals surface area contributed by atoms with Gasteiger partial charge in [0.2, 0.25) is 5.91 Å². The van der Waals surface area contributed by atoms with Crippen molar-refractivity contribution < 1.29 is 14.3 Å². The molecule has 2 saturated heterocycles. The van der Waals surface area contributed by atoms with Crippen LogP contribution in [0.25, 0.3) is 0 Å². The first-order valence-electron chi connectivity index (χ1n) is 9.12. The first kappa shape index (κ1) is 18.0. The third-order valence-electron chi connectivity index (χ3n) is 5.62. The summed E-state index contributed by atoms with van der Waals surface area (Å²) < 4.78 is 5.27. The SMILES string of the molecule is COc1ccc(C(=O)N2C[C@@H]3C[C@H]2CN3C(=O)Cc2scnc2C)cc1C. The smallest absolute Gasteiger partial charge is 0.254 e. The molecule has 2 fully saturated rings. The van der Waals surface area contributed by atoms with E-state index in [4.69, 9.17) is 4.74 Å². The Labute approximate surface area is 162 Å². The zero-order chi connectivity index (χ0) is 19.1. The van der Waals surface area contributed by atoms with Gasteiger partial charge in [-0.05, 0) is 44.0 Å². The highest BCUT2D eigenvalue weighted by molar-refractivity contribution is 7.09. The standard InChI is InChI=1S/C20H23N3O3S/c1-12-6-14(4-5-17(12)26-3)20(25)23-10-15-7-16(23)9-22(15)19(24)8-18-13(2)21-11-27-18/h4-6,11,15-16H,7-10H2,1-3H3/t15-,16-/m0/s1. The summed E-state index contributed by atoms with van der Waals surface area (Å²) in [5, 5.41) is 0. The van der Waals surface area contributed by atoms with Crippen LogP contribution in [0.3, 0.4) is 0 Å². The first-order valence-corrected chi connectivity index (χ1v) is 10.00. The number of methoxy groups -OCH3 is 1. The van der Waals surface area contributed by atoms with Crippen LogP contribution < -0.4 is 4.74 Å². The molecule has 2 amide bonds. The Morgan fingerprint density at radius 1 is 1.22 bits per heavy atom. The molecule has 0 radical (unpaired) electrons. The maximum absolute atomic E-state index is 12.9. The van der Waals surface area contributed by atoms with Crippen LogP contribution in [-0.2, 0) is 11.2 Å². The summed E-state index contributed by atoms with van der Waals surface area (Å²) in [6.07, 6.45) is 1.28. The van der Waals surface area contributed by atoms with E-state index in [9.17, 15) is 9.59 Å². The number of aryl methyl sites for hydroxylation is 2. The van der Waals surface area contributed by atoms with Gasteiger partial charge in [-0.3, -0.25) is 9.59 Å². The van der Waals surface area contributed by atoms with E-state index >= 15 is 0 Å². The highest BCUT2D eigenvalue weighted by Gasteiger charge is 2.47. The van der Waals surface area contributed by atoms with E-state index in [2.05, 4.69) is 4.98 Å². The number of carbonyl (C=O) groups is 2. The van der Waals surface area contributed by atoms with Gasteiger partial charge in [0.05, 0.1) is 36.8 Å². The van der Waals surface area contributed by atoms with Crippen molar-refractivity contribution in [3.05, 3.63) is 45.4 Å². The second-order valence-electron chi connectivity index (χ2n) is 7.27. The number of thiazole rings is 1. The molecule has 0 saturated carbocycles. The van der Waals surface area contributed by atoms with Crippen LogP contribution in [0.2, 0.25) is 0 Å². The molecule has 7 heteroatoms. The Balaban J connectivity index is 1.42. The van der Waals surface area contributed by atoms with E-state index in [1.807, 2.05) is 41.8 Å². The molecule has 27 heavy (non-hydrogen) atoms. The van der Waals surface area contributed by atoms with Crippen molar-refractivity contribution in [2.24, 2.45) is 0 Å². The Bertz CT molecular complexity index is 894. The lowest BCUT2D eigenvalue weighted by Gasteiger charge is -2.34. The van der Waals surface area contributed by atoms with Gasteiger partial charge in [-0.1, -0.05) is 0 Å². The molecule has 2 atom stereocenters. The fourth-order valence-corrected chi connectivity index (χ4v) is 4.90. The highest BCUT2D eigenvalue weighted by atomic mass is 32.1. The van der Waals surface area contributed by atoms with Gasteiger partial charge in [0.25, 0.3) is 5.91 Å². The lowest BCUT2D eigenvalue weighted by molar-refractivity contribution is -0.132. The van der Waals surface area contributed by atoms with E-state index in [1.54, 1.807) is 12.6 Å². The predicted octanol–water partition coefficient (Wildman–Crippen LogP) is 2.44. The van der Waals surface area contributed by atoms with Gasteiger partial charge in [-0.2, -0.15) is 0 Å². The third-order valence-corrected chi connectivity index (χ3v) is 6.56. The van der Waals surface area contributed by atoms with Gasteiger partial charge in [-0.15, -0.1) is 11.3 Å². The quantitative estimate of drug-likeness (QED) is 0.811. The Hall–Kier alpha value is -2.41. The largest absolute Gasteiger partial charge is 0.496 e. The molecule has 0 unspecified atom stereocenters. The molecule has 0 N–H and O–H groups in total. The van der Waals surface area contributed by atoms with Crippen LogP contribution in [0.15, 0.2) is 23.7 Å². The summed E-state index contributed by atoms with van der Waals surface area (Å²) in [5.41, 5.74) is 4.35. The van der Waals surface area contributed by atoms with Gasteiger partial charge >= 0.3 is 0 Å². The van der Waals surface area contributed by atoms with E-state index in [-0.39, 0.29) is 23.9 Å². The number of rotatable bonds is 4. The summed E-state index contributed by atoms with van der Waals surface area (Å²) in [4.78, 5) is 34.8. The number of piperazine rings is 1. The minimum Gasteiger partial charge on any atom is -0.496 e. The molecule has 6 nitrogen and oxygen atoms in total. The predicted molar refractivity (Wildman–Crippen MR) is 103 cm³/mol. The number of ether oxygens (including phenoxy) is 1. The minimum absolute atomic E-state index is 0.0404. The molecule has 2 aliphatic heterocycles. The van der Waals surface area contributed by atoms with Crippen molar-refractivity contribution in [1.29, 1.82) is 0 Å². The number of benzene rings is 1. The molecule has 2 aliphatic rings. The maximum Gasteiger partial charge on any atom is 0.254 e. The molecule has 142 valence electrons. The van der Waals surface area contributed by atoms with Crippen LogP contribution in [0, 0.1) is 13.8 Å². The Morgan fingerprint density at radius 2 is 1.96 bits per heavy atom. The number of nitrogens with zero attached hydrogens (tertiary/aromatic N) is 3. The first-order chi connectivity index (χ1) is 13.0. The molecule has 2 aromatic rings.